The number of aromatic amines is 1. The number of aromatic nitrogens is 3. The van der Waals surface area contributed by atoms with Gasteiger partial charge in [0.05, 0.1) is 6.10 Å². The van der Waals surface area contributed by atoms with Gasteiger partial charge in [0.2, 0.25) is 5.95 Å². The van der Waals surface area contributed by atoms with E-state index in [9.17, 15) is 0 Å². The summed E-state index contributed by atoms with van der Waals surface area (Å²) in [5.41, 5.74) is 0. The molecule has 0 saturated carbocycles. The number of nitrogens with one attached hydrogen (secondary N) is 2. The van der Waals surface area contributed by atoms with Gasteiger partial charge in [0.25, 0.3) is 0 Å². The second kappa shape index (κ2) is 6.86. The van der Waals surface area contributed by atoms with E-state index in [4.69, 9.17) is 4.74 Å². The minimum atomic E-state index is 0.264. The number of aryl methyl sites for hydroxylation is 1. The van der Waals surface area contributed by atoms with Crippen molar-refractivity contribution in [2.45, 2.75) is 44.8 Å². The van der Waals surface area contributed by atoms with Crippen LogP contribution in [0.3, 0.4) is 0 Å². The molecular formula is C13H25N5O. The SMILES string of the molecule is CNC1CCN(c2n[nH]c(CCC(C)OC)n2)CC1. The molecule has 2 N–H and O–H groups in total. The number of hydrogen-bond acceptors (Lipinski definition) is 5. The van der Waals surface area contributed by atoms with Crippen LogP contribution in [0.25, 0.3) is 0 Å². The highest BCUT2D eigenvalue weighted by atomic mass is 16.5. The first-order valence-electron chi connectivity index (χ1n) is 7.09. The first kappa shape index (κ1) is 14.3. The van der Waals surface area contributed by atoms with Crippen molar-refractivity contribution in [1.82, 2.24) is 20.5 Å². The summed E-state index contributed by atoms with van der Waals surface area (Å²) >= 11 is 0. The summed E-state index contributed by atoms with van der Waals surface area (Å²) in [4.78, 5) is 6.83. The lowest BCUT2D eigenvalue weighted by Crippen LogP contribution is -2.41. The number of ether oxygens (including phenoxy) is 1. The van der Waals surface area contributed by atoms with E-state index in [1.807, 2.05) is 7.05 Å². The quantitative estimate of drug-likeness (QED) is 0.803. The van der Waals surface area contributed by atoms with Crippen molar-refractivity contribution in [3.8, 4) is 0 Å². The molecule has 2 heterocycles. The maximum absolute atomic E-state index is 5.24. The Balaban J connectivity index is 1.83. The van der Waals surface area contributed by atoms with Crippen LogP contribution in [0.4, 0.5) is 5.95 Å². The molecule has 0 bridgehead atoms. The Labute approximate surface area is 114 Å². The third-order valence-electron chi connectivity index (χ3n) is 3.90. The van der Waals surface area contributed by atoms with Crippen LogP contribution < -0.4 is 10.2 Å². The standard InChI is InChI=1S/C13H25N5O/c1-10(19-3)4-5-12-15-13(17-16-12)18-8-6-11(14-2)7-9-18/h10-11,14H,4-9H2,1-3H3,(H,15,16,17). The van der Waals surface area contributed by atoms with E-state index in [0.717, 1.165) is 50.5 Å². The molecule has 1 aromatic heterocycles. The molecule has 108 valence electrons. The van der Waals surface area contributed by atoms with E-state index < -0.39 is 0 Å². The summed E-state index contributed by atoms with van der Waals surface area (Å²) < 4.78 is 5.24. The predicted molar refractivity (Wildman–Crippen MR) is 75.5 cm³/mol. The normalized spacial score (nSPS) is 18.8. The largest absolute Gasteiger partial charge is 0.382 e. The predicted octanol–water partition coefficient (Wildman–Crippen LogP) is 0.960. The van der Waals surface area contributed by atoms with E-state index in [0.29, 0.717) is 6.04 Å². The van der Waals surface area contributed by atoms with Gasteiger partial charge in [-0.2, -0.15) is 4.98 Å². The van der Waals surface area contributed by atoms with Gasteiger partial charge < -0.3 is 15.0 Å². The van der Waals surface area contributed by atoms with Crippen molar-refractivity contribution in [3.63, 3.8) is 0 Å². The molecule has 6 nitrogen and oxygen atoms in total. The molecule has 1 aliphatic heterocycles. The minimum Gasteiger partial charge on any atom is -0.382 e. The number of methoxy groups -OCH3 is 1. The van der Waals surface area contributed by atoms with Gasteiger partial charge in [-0.25, -0.2) is 0 Å². The molecule has 0 amide bonds. The van der Waals surface area contributed by atoms with E-state index in [-0.39, 0.29) is 6.10 Å². The zero-order chi connectivity index (χ0) is 13.7. The lowest BCUT2D eigenvalue weighted by atomic mass is 10.1. The van der Waals surface area contributed by atoms with E-state index >= 15 is 0 Å². The van der Waals surface area contributed by atoms with Crippen LogP contribution in [0.5, 0.6) is 0 Å². The van der Waals surface area contributed by atoms with Gasteiger partial charge >= 0.3 is 0 Å². The molecular weight excluding hydrogens is 242 g/mol. The number of piperidine rings is 1. The average Bonchev–Trinajstić information content (AvgIpc) is 2.93. The van der Waals surface area contributed by atoms with Crippen molar-refractivity contribution in [3.05, 3.63) is 5.82 Å². The highest BCUT2D eigenvalue weighted by molar-refractivity contribution is 5.29. The average molecular weight is 267 g/mol. The van der Waals surface area contributed by atoms with Crippen LogP contribution in [-0.2, 0) is 11.2 Å². The topological polar surface area (TPSA) is 66.1 Å². The molecule has 1 unspecified atom stereocenters. The fourth-order valence-electron chi connectivity index (χ4n) is 2.36. The third kappa shape index (κ3) is 3.91. The fraction of sp³-hybridized carbons (Fsp3) is 0.846. The van der Waals surface area contributed by atoms with Crippen LogP contribution >= 0.6 is 0 Å². The number of H-pyrrole nitrogens is 1. The minimum absolute atomic E-state index is 0.264. The molecule has 1 fully saturated rings. The van der Waals surface area contributed by atoms with Gasteiger partial charge in [-0.05, 0) is 33.2 Å². The molecule has 19 heavy (non-hydrogen) atoms. The molecule has 0 aromatic carbocycles. The molecule has 0 aliphatic carbocycles. The van der Waals surface area contributed by atoms with Gasteiger partial charge in [0.1, 0.15) is 5.82 Å². The first-order chi connectivity index (χ1) is 9.22. The molecule has 0 radical (unpaired) electrons. The Kier molecular flexibility index (Phi) is 5.15. The van der Waals surface area contributed by atoms with Crippen LogP contribution in [0.15, 0.2) is 0 Å². The van der Waals surface area contributed by atoms with Crippen molar-refractivity contribution < 1.29 is 4.74 Å². The van der Waals surface area contributed by atoms with Gasteiger partial charge in [0, 0.05) is 32.7 Å². The molecule has 6 heteroatoms. The Morgan fingerprint density at radius 1 is 1.47 bits per heavy atom. The fourth-order valence-corrected chi connectivity index (χ4v) is 2.36. The maximum atomic E-state index is 5.24. The lowest BCUT2D eigenvalue weighted by molar-refractivity contribution is 0.111. The van der Waals surface area contributed by atoms with Gasteiger partial charge in [-0.1, -0.05) is 0 Å². The molecule has 1 aliphatic rings. The van der Waals surface area contributed by atoms with Crippen LogP contribution in [0.2, 0.25) is 0 Å². The number of rotatable bonds is 6. The van der Waals surface area contributed by atoms with E-state index in [2.05, 4.69) is 32.3 Å². The van der Waals surface area contributed by atoms with Gasteiger partial charge in [-0.15, -0.1) is 5.10 Å². The Morgan fingerprint density at radius 3 is 2.84 bits per heavy atom. The summed E-state index contributed by atoms with van der Waals surface area (Å²) in [6.45, 7) is 4.12. The second-order valence-corrected chi connectivity index (χ2v) is 5.22. The Morgan fingerprint density at radius 2 is 2.21 bits per heavy atom. The zero-order valence-corrected chi connectivity index (χ0v) is 12.1. The third-order valence-corrected chi connectivity index (χ3v) is 3.90. The molecule has 1 saturated heterocycles. The van der Waals surface area contributed by atoms with Crippen molar-refractivity contribution >= 4 is 5.95 Å². The summed E-state index contributed by atoms with van der Waals surface area (Å²) in [5, 5.41) is 10.7. The highest BCUT2D eigenvalue weighted by Crippen LogP contribution is 2.16. The molecule has 2 rings (SSSR count). The smallest absolute Gasteiger partial charge is 0.244 e. The van der Waals surface area contributed by atoms with E-state index in [1.165, 1.54) is 0 Å². The Hall–Kier alpha value is -1.14. The summed E-state index contributed by atoms with van der Waals surface area (Å²) in [5.74, 6) is 1.80. The number of anilines is 1. The monoisotopic (exact) mass is 267 g/mol. The van der Waals surface area contributed by atoms with Gasteiger partial charge in [0.15, 0.2) is 0 Å². The molecule has 1 aromatic rings. The van der Waals surface area contributed by atoms with Crippen LogP contribution in [0.1, 0.15) is 32.0 Å². The van der Waals surface area contributed by atoms with Crippen molar-refractivity contribution in [1.29, 1.82) is 0 Å². The van der Waals surface area contributed by atoms with Crippen molar-refractivity contribution in [2.75, 3.05) is 32.1 Å². The van der Waals surface area contributed by atoms with E-state index in [1.54, 1.807) is 7.11 Å². The Bertz CT molecular complexity index is 373. The first-order valence-corrected chi connectivity index (χ1v) is 7.09. The maximum Gasteiger partial charge on any atom is 0.244 e. The molecule has 0 spiro atoms. The number of nitrogens with zero attached hydrogens (tertiary/aromatic N) is 3. The van der Waals surface area contributed by atoms with Gasteiger partial charge in [-0.3, -0.25) is 5.10 Å². The summed E-state index contributed by atoms with van der Waals surface area (Å²) in [6, 6.07) is 0.636. The second-order valence-electron chi connectivity index (χ2n) is 5.22. The van der Waals surface area contributed by atoms with Crippen molar-refractivity contribution in [2.24, 2.45) is 0 Å². The molecule has 1 atom stereocenters. The lowest BCUT2D eigenvalue weighted by Gasteiger charge is -2.30. The van der Waals surface area contributed by atoms with Crippen LogP contribution in [-0.4, -0.2) is 54.6 Å². The van der Waals surface area contributed by atoms with Crippen LogP contribution in [0, 0.1) is 0 Å². The zero-order valence-electron chi connectivity index (χ0n) is 12.1. The summed E-state index contributed by atoms with van der Waals surface area (Å²) in [7, 11) is 3.77. The number of hydrogen-bond donors (Lipinski definition) is 2. The summed E-state index contributed by atoms with van der Waals surface area (Å²) in [6.07, 6.45) is 4.42. The highest BCUT2D eigenvalue weighted by Gasteiger charge is 2.20.